The molecule has 0 unspecified atom stereocenters. The summed E-state index contributed by atoms with van der Waals surface area (Å²) in [5.41, 5.74) is 0.906. The largest absolute Gasteiger partial charge is 0.454 e. The van der Waals surface area contributed by atoms with E-state index in [2.05, 4.69) is 9.55 Å². The van der Waals surface area contributed by atoms with Crippen molar-refractivity contribution in [3.63, 3.8) is 0 Å². The van der Waals surface area contributed by atoms with Crippen molar-refractivity contribution in [3.8, 4) is 22.9 Å². The van der Waals surface area contributed by atoms with Crippen molar-refractivity contribution in [2.24, 2.45) is 5.92 Å². The van der Waals surface area contributed by atoms with E-state index in [9.17, 15) is 0 Å². The minimum Gasteiger partial charge on any atom is -0.454 e. The maximum absolute atomic E-state index is 6.40. The van der Waals surface area contributed by atoms with Crippen molar-refractivity contribution in [1.82, 2.24) is 9.55 Å². The molecule has 2 heterocycles. The van der Waals surface area contributed by atoms with E-state index >= 15 is 0 Å². The van der Waals surface area contributed by atoms with E-state index in [1.807, 2.05) is 24.5 Å². The molecule has 110 valence electrons. The first kappa shape index (κ1) is 13.0. The predicted octanol–water partition coefficient (Wildman–Crippen LogP) is 4.12. The van der Waals surface area contributed by atoms with E-state index in [1.165, 1.54) is 25.7 Å². The van der Waals surface area contributed by atoms with Crippen molar-refractivity contribution in [2.45, 2.75) is 32.2 Å². The molecule has 0 N–H and O–H groups in total. The Morgan fingerprint density at radius 1 is 1.19 bits per heavy atom. The SMILES string of the molecule is Clc1cc2c(cc1-c1nccn1CC1CCCC1)OCO2. The lowest BCUT2D eigenvalue weighted by atomic mass is 10.1. The zero-order chi connectivity index (χ0) is 14.2. The van der Waals surface area contributed by atoms with E-state index in [0.29, 0.717) is 10.8 Å². The minimum atomic E-state index is 0.256. The fraction of sp³-hybridized carbons (Fsp3) is 0.438. The number of halogens is 1. The molecule has 4 rings (SSSR count). The number of aromatic nitrogens is 2. The molecular formula is C16H17ClN2O2. The molecule has 1 saturated carbocycles. The highest BCUT2D eigenvalue weighted by molar-refractivity contribution is 6.33. The van der Waals surface area contributed by atoms with Crippen LogP contribution in [0.15, 0.2) is 24.5 Å². The molecule has 4 nitrogen and oxygen atoms in total. The highest BCUT2D eigenvalue weighted by Gasteiger charge is 2.21. The number of hydrogen-bond donors (Lipinski definition) is 0. The minimum absolute atomic E-state index is 0.256. The van der Waals surface area contributed by atoms with E-state index in [1.54, 1.807) is 0 Å². The lowest BCUT2D eigenvalue weighted by molar-refractivity contribution is 0.174. The van der Waals surface area contributed by atoms with Gasteiger partial charge in [0.1, 0.15) is 5.82 Å². The Morgan fingerprint density at radius 2 is 1.95 bits per heavy atom. The molecule has 2 aliphatic rings. The van der Waals surface area contributed by atoms with Crippen molar-refractivity contribution in [1.29, 1.82) is 0 Å². The second-order valence-electron chi connectivity index (χ2n) is 5.74. The molecule has 1 aliphatic heterocycles. The van der Waals surface area contributed by atoms with Crippen LogP contribution in [0.4, 0.5) is 0 Å². The monoisotopic (exact) mass is 304 g/mol. The summed E-state index contributed by atoms with van der Waals surface area (Å²) < 4.78 is 13.0. The molecule has 1 aliphatic carbocycles. The Morgan fingerprint density at radius 3 is 2.76 bits per heavy atom. The number of hydrogen-bond acceptors (Lipinski definition) is 3. The fourth-order valence-corrected chi connectivity index (χ4v) is 3.50. The molecule has 0 spiro atoms. The summed E-state index contributed by atoms with van der Waals surface area (Å²) in [6.07, 6.45) is 9.19. The van der Waals surface area contributed by atoms with E-state index < -0.39 is 0 Å². The summed E-state index contributed by atoms with van der Waals surface area (Å²) in [5.74, 6) is 3.11. The summed E-state index contributed by atoms with van der Waals surface area (Å²) in [7, 11) is 0. The quantitative estimate of drug-likeness (QED) is 0.855. The Hall–Kier alpha value is -1.68. The number of fused-ring (bicyclic) bond motifs is 1. The maximum Gasteiger partial charge on any atom is 0.231 e. The van der Waals surface area contributed by atoms with E-state index in [-0.39, 0.29) is 6.79 Å². The summed E-state index contributed by atoms with van der Waals surface area (Å²) in [5, 5.41) is 0.651. The van der Waals surface area contributed by atoms with Gasteiger partial charge in [-0.3, -0.25) is 0 Å². The van der Waals surface area contributed by atoms with Crippen LogP contribution in [-0.4, -0.2) is 16.3 Å². The Kier molecular flexibility index (Phi) is 3.26. The highest BCUT2D eigenvalue weighted by Crippen LogP contribution is 2.40. The maximum atomic E-state index is 6.40. The van der Waals surface area contributed by atoms with Gasteiger partial charge in [0, 0.05) is 30.6 Å². The highest BCUT2D eigenvalue weighted by atomic mass is 35.5. The third-order valence-corrected chi connectivity index (χ3v) is 4.66. The molecule has 0 saturated heterocycles. The van der Waals surface area contributed by atoms with Crippen LogP contribution in [0.25, 0.3) is 11.4 Å². The van der Waals surface area contributed by atoms with Gasteiger partial charge in [-0.25, -0.2) is 4.98 Å². The van der Waals surface area contributed by atoms with Crippen LogP contribution in [0.1, 0.15) is 25.7 Å². The first-order chi connectivity index (χ1) is 10.3. The van der Waals surface area contributed by atoms with Gasteiger partial charge < -0.3 is 14.0 Å². The smallest absolute Gasteiger partial charge is 0.231 e. The van der Waals surface area contributed by atoms with Gasteiger partial charge in [0.15, 0.2) is 11.5 Å². The summed E-state index contributed by atoms with van der Waals surface area (Å²) in [4.78, 5) is 4.50. The summed E-state index contributed by atoms with van der Waals surface area (Å²) in [6.45, 7) is 1.27. The van der Waals surface area contributed by atoms with Gasteiger partial charge in [-0.2, -0.15) is 0 Å². The number of imidazole rings is 1. The number of ether oxygens (including phenoxy) is 2. The van der Waals surface area contributed by atoms with Crippen molar-refractivity contribution < 1.29 is 9.47 Å². The third kappa shape index (κ3) is 2.38. The molecule has 2 aromatic rings. The van der Waals surface area contributed by atoms with Crippen molar-refractivity contribution in [3.05, 3.63) is 29.5 Å². The van der Waals surface area contributed by atoms with Crippen LogP contribution in [0, 0.1) is 5.92 Å². The number of nitrogens with zero attached hydrogens (tertiary/aromatic N) is 2. The second-order valence-corrected chi connectivity index (χ2v) is 6.15. The molecule has 5 heteroatoms. The first-order valence-corrected chi connectivity index (χ1v) is 7.80. The van der Waals surface area contributed by atoms with Gasteiger partial charge in [0.05, 0.1) is 5.02 Å². The van der Waals surface area contributed by atoms with Crippen LogP contribution < -0.4 is 9.47 Å². The Bertz CT molecular complexity index is 662. The summed E-state index contributed by atoms with van der Waals surface area (Å²) >= 11 is 6.40. The van der Waals surface area contributed by atoms with Crippen LogP contribution in [0.3, 0.4) is 0 Å². The van der Waals surface area contributed by atoms with Crippen molar-refractivity contribution >= 4 is 11.6 Å². The average molecular weight is 305 g/mol. The number of rotatable bonds is 3. The lowest BCUT2D eigenvalue weighted by Crippen LogP contribution is -2.08. The standard InChI is InChI=1S/C16H17ClN2O2/c17-13-8-15-14(20-10-21-15)7-12(13)16-18-5-6-19(16)9-11-3-1-2-4-11/h5-8,11H,1-4,9-10H2. The molecule has 0 bridgehead atoms. The first-order valence-electron chi connectivity index (χ1n) is 7.42. The molecule has 1 aromatic heterocycles. The molecule has 0 amide bonds. The van der Waals surface area contributed by atoms with Gasteiger partial charge >= 0.3 is 0 Å². The average Bonchev–Trinajstić information content (AvgIpc) is 3.19. The Balaban J connectivity index is 1.69. The molecule has 0 atom stereocenters. The van der Waals surface area contributed by atoms with Crippen LogP contribution >= 0.6 is 11.6 Å². The molecular weight excluding hydrogens is 288 g/mol. The lowest BCUT2D eigenvalue weighted by Gasteiger charge is -2.14. The topological polar surface area (TPSA) is 36.3 Å². The molecule has 0 radical (unpaired) electrons. The molecule has 1 aromatic carbocycles. The van der Waals surface area contributed by atoms with Gasteiger partial charge in [-0.05, 0) is 24.8 Å². The van der Waals surface area contributed by atoms with Crippen LogP contribution in [0.2, 0.25) is 5.02 Å². The number of benzene rings is 1. The molecule has 21 heavy (non-hydrogen) atoms. The second kappa shape index (κ2) is 5.26. The Labute approximate surface area is 128 Å². The van der Waals surface area contributed by atoms with Crippen LogP contribution in [0.5, 0.6) is 11.5 Å². The zero-order valence-electron chi connectivity index (χ0n) is 11.7. The van der Waals surface area contributed by atoms with E-state index in [0.717, 1.165) is 29.6 Å². The fourth-order valence-electron chi connectivity index (χ4n) is 3.26. The summed E-state index contributed by atoms with van der Waals surface area (Å²) in [6, 6.07) is 3.74. The third-order valence-electron chi connectivity index (χ3n) is 4.35. The van der Waals surface area contributed by atoms with Gasteiger partial charge in [-0.1, -0.05) is 24.4 Å². The normalized spacial score (nSPS) is 17.6. The van der Waals surface area contributed by atoms with Gasteiger partial charge in [-0.15, -0.1) is 0 Å². The van der Waals surface area contributed by atoms with Gasteiger partial charge in [0.2, 0.25) is 6.79 Å². The predicted molar refractivity (Wildman–Crippen MR) is 80.8 cm³/mol. The zero-order valence-corrected chi connectivity index (χ0v) is 12.5. The van der Waals surface area contributed by atoms with E-state index in [4.69, 9.17) is 21.1 Å². The van der Waals surface area contributed by atoms with Crippen LogP contribution in [-0.2, 0) is 6.54 Å². The molecule has 1 fully saturated rings. The van der Waals surface area contributed by atoms with Crippen molar-refractivity contribution in [2.75, 3.05) is 6.79 Å². The van der Waals surface area contributed by atoms with Gasteiger partial charge in [0.25, 0.3) is 0 Å².